The van der Waals surface area contributed by atoms with Gasteiger partial charge in [0.25, 0.3) is 0 Å². The molecule has 0 spiro atoms. The molecule has 4 nitrogen and oxygen atoms in total. The second kappa shape index (κ2) is 13.9. The monoisotopic (exact) mass is 586 g/mol. The molecule has 1 aliphatic rings. The van der Waals surface area contributed by atoms with Gasteiger partial charge < -0.3 is 14.2 Å². The Morgan fingerprint density at radius 1 is 0.950 bits per heavy atom. The summed E-state index contributed by atoms with van der Waals surface area (Å²) in [5.41, 5.74) is 5.86. The summed E-state index contributed by atoms with van der Waals surface area (Å²) in [7, 11) is 0. The molecule has 0 N–H and O–H groups in total. The smallest absolute Gasteiger partial charge is 0.148 e. The first kappa shape index (κ1) is 29.8. The van der Waals surface area contributed by atoms with Gasteiger partial charge >= 0.3 is 0 Å². The van der Waals surface area contributed by atoms with Crippen LogP contribution >= 0.6 is 23.2 Å². The van der Waals surface area contributed by atoms with Crippen molar-refractivity contribution in [2.75, 3.05) is 12.5 Å². The van der Waals surface area contributed by atoms with E-state index in [2.05, 4.69) is 12.1 Å². The normalized spacial score (nSPS) is 15.2. The molecule has 0 radical (unpaired) electrons. The van der Waals surface area contributed by atoms with E-state index in [1.165, 1.54) is 18.2 Å². The molecule has 1 aliphatic carbocycles. The molecule has 40 heavy (non-hydrogen) atoms. The number of carbonyl (C=O) groups excluding carboxylic acids is 1. The van der Waals surface area contributed by atoms with E-state index in [0.717, 1.165) is 46.1 Å². The van der Waals surface area contributed by atoms with E-state index in [0.29, 0.717) is 40.7 Å². The topological polar surface area (TPSA) is 44.8 Å². The van der Waals surface area contributed by atoms with Crippen molar-refractivity contribution in [1.82, 2.24) is 0 Å². The molecule has 0 saturated carbocycles. The molecule has 0 amide bonds. The van der Waals surface area contributed by atoms with Crippen molar-refractivity contribution in [3.8, 4) is 16.9 Å². The van der Waals surface area contributed by atoms with Gasteiger partial charge in [-0.3, -0.25) is 4.79 Å². The minimum atomic E-state index is -0.696. The number of aldehydes is 1. The lowest BCUT2D eigenvalue weighted by Crippen LogP contribution is -2.22. The summed E-state index contributed by atoms with van der Waals surface area (Å²) < 4.78 is 45.0. The lowest BCUT2D eigenvalue weighted by atomic mass is 9.93. The van der Waals surface area contributed by atoms with Crippen molar-refractivity contribution in [3.63, 3.8) is 0 Å². The molecule has 3 aromatic carbocycles. The summed E-state index contributed by atoms with van der Waals surface area (Å²) in [6.45, 7) is 4.81. The molecule has 0 aromatic heterocycles. The van der Waals surface area contributed by atoms with Gasteiger partial charge in [0.05, 0.1) is 24.4 Å². The Bertz CT molecular complexity index is 1410. The van der Waals surface area contributed by atoms with E-state index < -0.39 is 17.7 Å². The minimum absolute atomic E-state index is 0.0788. The molecule has 210 valence electrons. The van der Waals surface area contributed by atoms with Gasteiger partial charge in [0.1, 0.15) is 36.0 Å². The molecule has 8 heteroatoms. The molecule has 0 bridgehead atoms. The molecular weight excluding hydrogens is 557 g/mol. The van der Waals surface area contributed by atoms with Gasteiger partial charge in [-0.15, -0.1) is 11.6 Å². The fourth-order valence-electron chi connectivity index (χ4n) is 4.58. The average molecular weight is 587 g/mol. The summed E-state index contributed by atoms with van der Waals surface area (Å²) in [5.74, 6) is 0.454. The van der Waals surface area contributed by atoms with Crippen molar-refractivity contribution in [1.29, 1.82) is 0 Å². The van der Waals surface area contributed by atoms with Crippen LogP contribution in [0.15, 0.2) is 77.0 Å². The van der Waals surface area contributed by atoms with Crippen LogP contribution in [0, 0.1) is 25.5 Å². The molecule has 3 aromatic rings. The van der Waals surface area contributed by atoms with Gasteiger partial charge in [-0.25, -0.2) is 8.78 Å². The van der Waals surface area contributed by atoms with Crippen molar-refractivity contribution in [2.24, 2.45) is 0 Å². The van der Waals surface area contributed by atoms with Crippen LogP contribution in [-0.4, -0.2) is 24.9 Å². The van der Waals surface area contributed by atoms with Gasteiger partial charge in [0.15, 0.2) is 0 Å². The third-order valence-corrected chi connectivity index (χ3v) is 7.36. The molecule has 1 atom stereocenters. The fourth-order valence-corrected chi connectivity index (χ4v) is 4.95. The van der Waals surface area contributed by atoms with E-state index in [9.17, 15) is 13.6 Å². The summed E-state index contributed by atoms with van der Waals surface area (Å²) >= 11 is 12.2. The van der Waals surface area contributed by atoms with E-state index in [1.807, 2.05) is 38.1 Å². The Kier molecular flexibility index (Phi) is 10.4. The van der Waals surface area contributed by atoms with Gasteiger partial charge in [-0.1, -0.05) is 41.9 Å². The van der Waals surface area contributed by atoms with E-state index in [4.69, 9.17) is 37.4 Å². The molecular formula is C32H30Cl2F2O4. The van der Waals surface area contributed by atoms with Crippen LogP contribution in [-0.2, 0) is 27.5 Å². The quantitative estimate of drug-likeness (QED) is 0.121. The standard InChI is InChI=1S/C32H30Cl2F2O4/c1-20-23(6-3-7-27(20)28-8-4-9-30(21(28)2)38-11-5-10-33)19-40-32-16-31(24(17-37)14-29(32)34)39-18-22-12-25(35)15-26(36)13-22/h3-4,6-9,12-15,17,31H,5,10-11,16,18-19H2,1-2H3. The number of rotatable bonds is 12. The van der Waals surface area contributed by atoms with Gasteiger partial charge in [0, 0.05) is 23.9 Å². The maximum Gasteiger partial charge on any atom is 0.148 e. The summed E-state index contributed by atoms with van der Waals surface area (Å²) in [6, 6.07) is 15.2. The van der Waals surface area contributed by atoms with Crippen molar-refractivity contribution in [3.05, 3.63) is 111 Å². The van der Waals surface area contributed by atoms with Crippen molar-refractivity contribution < 1.29 is 27.8 Å². The number of ether oxygens (including phenoxy) is 3. The van der Waals surface area contributed by atoms with Crippen molar-refractivity contribution >= 4 is 29.5 Å². The van der Waals surface area contributed by atoms with Crippen molar-refractivity contribution in [2.45, 2.75) is 46.0 Å². The lowest BCUT2D eigenvalue weighted by Gasteiger charge is -2.25. The molecule has 1 unspecified atom stereocenters. The Morgan fingerprint density at radius 3 is 2.35 bits per heavy atom. The van der Waals surface area contributed by atoms with Crippen LogP contribution in [0.5, 0.6) is 5.75 Å². The predicted molar refractivity (Wildman–Crippen MR) is 154 cm³/mol. The number of alkyl halides is 1. The molecule has 0 heterocycles. The average Bonchev–Trinajstić information content (AvgIpc) is 2.93. The first-order valence-electron chi connectivity index (χ1n) is 12.9. The van der Waals surface area contributed by atoms with Crippen LogP contribution in [0.3, 0.4) is 0 Å². The predicted octanol–water partition coefficient (Wildman–Crippen LogP) is 8.34. The third kappa shape index (κ3) is 7.30. The Morgan fingerprint density at radius 2 is 1.65 bits per heavy atom. The summed E-state index contributed by atoms with van der Waals surface area (Å²) in [6.07, 6.45) is 2.49. The maximum atomic E-state index is 13.6. The fraction of sp³-hybridized carbons (Fsp3) is 0.281. The molecule has 0 aliphatic heterocycles. The first-order valence-corrected chi connectivity index (χ1v) is 13.8. The van der Waals surface area contributed by atoms with E-state index in [-0.39, 0.29) is 19.6 Å². The Hall–Kier alpha value is -3.19. The van der Waals surface area contributed by atoms with Gasteiger partial charge in [0.2, 0.25) is 0 Å². The second-order valence-electron chi connectivity index (χ2n) is 9.51. The largest absolute Gasteiger partial charge is 0.493 e. The van der Waals surface area contributed by atoms with E-state index in [1.54, 1.807) is 0 Å². The number of halogens is 4. The number of benzene rings is 3. The first-order chi connectivity index (χ1) is 19.3. The van der Waals surface area contributed by atoms with Gasteiger partial charge in [-0.05, 0) is 77.9 Å². The number of allylic oxidation sites excluding steroid dienone is 2. The number of hydrogen-bond acceptors (Lipinski definition) is 4. The van der Waals surface area contributed by atoms with Crippen LogP contribution in [0.1, 0.15) is 35.1 Å². The zero-order valence-electron chi connectivity index (χ0n) is 22.3. The van der Waals surface area contributed by atoms with E-state index >= 15 is 0 Å². The SMILES string of the molecule is Cc1c(COC2=C(Cl)C=C(C=O)C(OCc3cc(F)cc(F)c3)C2)cccc1-c1cccc(OCCCCl)c1C. The highest BCUT2D eigenvalue weighted by molar-refractivity contribution is 6.31. The van der Waals surface area contributed by atoms with Crippen LogP contribution in [0.2, 0.25) is 0 Å². The number of hydrogen-bond donors (Lipinski definition) is 0. The third-order valence-electron chi connectivity index (χ3n) is 6.77. The minimum Gasteiger partial charge on any atom is -0.493 e. The molecule has 4 rings (SSSR count). The highest BCUT2D eigenvalue weighted by atomic mass is 35.5. The molecule has 0 fully saturated rings. The maximum absolute atomic E-state index is 13.6. The van der Waals surface area contributed by atoms with Crippen LogP contribution < -0.4 is 4.74 Å². The summed E-state index contributed by atoms with van der Waals surface area (Å²) in [5, 5.41) is 0.310. The van der Waals surface area contributed by atoms with Gasteiger partial charge in [-0.2, -0.15) is 0 Å². The number of carbonyl (C=O) groups is 1. The summed E-state index contributed by atoms with van der Waals surface area (Å²) in [4.78, 5) is 11.7. The van der Waals surface area contributed by atoms with Crippen LogP contribution in [0.25, 0.3) is 11.1 Å². The van der Waals surface area contributed by atoms with Crippen LogP contribution in [0.4, 0.5) is 8.78 Å². The second-order valence-corrected chi connectivity index (χ2v) is 10.3. The zero-order chi connectivity index (χ0) is 28.6. The Balaban J connectivity index is 1.48. The zero-order valence-corrected chi connectivity index (χ0v) is 23.8. The Labute approximate surface area is 243 Å². The highest BCUT2D eigenvalue weighted by Gasteiger charge is 2.25. The molecule has 0 saturated heterocycles. The highest BCUT2D eigenvalue weighted by Crippen LogP contribution is 2.35. The lowest BCUT2D eigenvalue weighted by molar-refractivity contribution is -0.106.